The van der Waals surface area contributed by atoms with Gasteiger partial charge in [-0.2, -0.15) is 0 Å². The first-order chi connectivity index (χ1) is 11.1. The maximum atomic E-state index is 13.5. The number of benzene rings is 1. The maximum absolute atomic E-state index is 13.5. The Bertz CT molecular complexity index is 702. The van der Waals surface area contributed by atoms with Gasteiger partial charge >= 0.3 is 13.6 Å². The fourth-order valence-corrected chi connectivity index (χ4v) is 2.58. The number of rotatable bonds is 6. The predicted molar refractivity (Wildman–Crippen MR) is 71.6 cm³/mol. The summed E-state index contributed by atoms with van der Waals surface area (Å²) in [6.45, 7) is 0. The number of halogens is 5. The monoisotopic (exact) mass is 375 g/mol. The van der Waals surface area contributed by atoms with Crippen molar-refractivity contribution in [3.05, 3.63) is 40.6 Å². The van der Waals surface area contributed by atoms with Crippen LogP contribution in [-0.2, 0) is 23.1 Å². The van der Waals surface area contributed by atoms with Gasteiger partial charge in [0, 0.05) is 20.4 Å². The number of hydrogen-bond donors (Lipinski definition) is 1. The lowest BCUT2D eigenvalue weighted by Gasteiger charge is -2.16. The number of carbonyl (C=O) groups is 1. The molecule has 0 fully saturated rings. The average Bonchev–Trinajstić information content (AvgIpc) is 2.60. The third-order valence-corrected chi connectivity index (χ3v) is 4.60. The highest BCUT2D eigenvalue weighted by Gasteiger charge is 2.35. The van der Waals surface area contributed by atoms with E-state index in [-0.39, 0.29) is 0 Å². The Morgan fingerprint density at radius 3 is 1.71 bits per heavy atom. The molecule has 0 aromatic heterocycles. The van der Waals surface area contributed by atoms with Crippen LogP contribution >= 0.6 is 7.60 Å². The summed E-state index contributed by atoms with van der Waals surface area (Å²) in [4.78, 5) is 11.6. The number of carbonyl (C=O) groups excluding carboxylic acids is 1. The molecule has 12 heteroatoms. The van der Waals surface area contributed by atoms with Crippen LogP contribution in [0.4, 0.5) is 27.6 Å². The summed E-state index contributed by atoms with van der Waals surface area (Å²) in [6, 6.07) is 0. The van der Waals surface area contributed by atoms with Crippen LogP contribution in [0.25, 0.3) is 0 Å². The number of methoxy groups -OCH3 is 1. The fourth-order valence-electron chi connectivity index (χ4n) is 1.50. The van der Waals surface area contributed by atoms with Crippen molar-refractivity contribution in [2.45, 2.75) is 0 Å². The van der Waals surface area contributed by atoms with Gasteiger partial charge in [0.05, 0.1) is 7.11 Å². The van der Waals surface area contributed by atoms with Crippen LogP contribution in [0.3, 0.4) is 0 Å². The lowest BCUT2D eigenvalue weighted by atomic mass is 10.2. The first kappa shape index (κ1) is 20.1. The second-order valence-corrected chi connectivity index (χ2v) is 6.18. The van der Waals surface area contributed by atoms with E-state index >= 15 is 0 Å². The van der Waals surface area contributed by atoms with Crippen LogP contribution in [0.5, 0.6) is 0 Å². The van der Waals surface area contributed by atoms with Gasteiger partial charge in [-0.1, -0.05) is 0 Å². The van der Waals surface area contributed by atoms with E-state index in [0.29, 0.717) is 6.20 Å². The normalized spacial score (nSPS) is 12.2. The van der Waals surface area contributed by atoms with Crippen LogP contribution in [0, 0.1) is 29.1 Å². The lowest BCUT2D eigenvalue weighted by molar-refractivity contribution is -0.135. The molecular formula is C12H11F5NO5P. The van der Waals surface area contributed by atoms with E-state index in [1.165, 1.54) is 0 Å². The zero-order valence-corrected chi connectivity index (χ0v) is 13.4. The second kappa shape index (κ2) is 7.73. The SMILES string of the molecule is COC(=O)/C(=C\Nc1c(F)c(F)c(F)c(F)c1F)P(=O)(OC)OC. The van der Waals surface area contributed by atoms with Gasteiger partial charge in [0.2, 0.25) is 5.82 Å². The summed E-state index contributed by atoms with van der Waals surface area (Å²) in [5, 5.41) is 0.826. The molecule has 0 unspecified atom stereocenters. The average molecular weight is 375 g/mol. The van der Waals surface area contributed by atoms with E-state index in [0.717, 1.165) is 21.3 Å². The van der Waals surface area contributed by atoms with Gasteiger partial charge in [0.15, 0.2) is 28.6 Å². The quantitative estimate of drug-likeness (QED) is 0.205. The van der Waals surface area contributed by atoms with Crippen LogP contribution in [0.1, 0.15) is 0 Å². The smallest absolute Gasteiger partial charge is 0.369 e. The summed E-state index contributed by atoms with van der Waals surface area (Å²) in [6.07, 6.45) is 0.401. The topological polar surface area (TPSA) is 73.9 Å². The number of esters is 1. The molecule has 0 atom stereocenters. The molecule has 0 amide bonds. The van der Waals surface area contributed by atoms with Gasteiger partial charge in [-0.25, -0.2) is 26.7 Å². The van der Waals surface area contributed by atoms with Gasteiger partial charge in [-0.3, -0.25) is 4.57 Å². The molecular weight excluding hydrogens is 364 g/mol. The van der Waals surface area contributed by atoms with Gasteiger partial charge in [0.25, 0.3) is 0 Å². The minimum Gasteiger partial charge on any atom is -0.465 e. The van der Waals surface area contributed by atoms with E-state index in [1.54, 1.807) is 5.32 Å². The third-order valence-electron chi connectivity index (χ3n) is 2.73. The van der Waals surface area contributed by atoms with Crippen molar-refractivity contribution < 1.29 is 45.1 Å². The number of hydrogen-bond acceptors (Lipinski definition) is 6. The summed E-state index contributed by atoms with van der Waals surface area (Å²) in [7, 11) is -1.55. The van der Waals surface area contributed by atoms with E-state index in [1.807, 2.05) is 0 Å². The van der Waals surface area contributed by atoms with E-state index in [2.05, 4.69) is 13.8 Å². The van der Waals surface area contributed by atoms with E-state index in [9.17, 15) is 31.3 Å². The van der Waals surface area contributed by atoms with Crippen molar-refractivity contribution in [3.8, 4) is 0 Å². The molecule has 24 heavy (non-hydrogen) atoms. The molecule has 0 aliphatic heterocycles. The third kappa shape index (κ3) is 3.58. The first-order valence-corrected chi connectivity index (χ1v) is 7.47. The Morgan fingerprint density at radius 2 is 1.33 bits per heavy atom. The predicted octanol–water partition coefficient (Wildman–Crippen LogP) is 3.29. The molecule has 0 aliphatic rings. The minimum atomic E-state index is -4.25. The summed E-state index contributed by atoms with van der Waals surface area (Å²) in [5.74, 6) is -12.4. The van der Waals surface area contributed by atoms with Crippen molar-refractivity contribution in [1.29, 1.82) is 0 Å². The van der Waals surface area contributed by atoms with Crippen LogP contribution < -0.4 is 5.32 Å². The van der Waals surface area contributed by atoms with Crippen molar-refractivity contribution >= 4 is 19.3 Å². The number of anilines is 1. The Balaban J connectivity index is 3.45. The minimum absolute atomic E-state index is 0.401. The zero-order chi connectivity index (χ0) is 18.7. The van der Waals surface area contributed by atoms with Gasteiger partial charge in [0.1, 0.15) is 5.69 Å². The summed E-state index contributed by atoms with van der Waals surface area (Å²) < 4.78 is 91.7. The highest BCUT2D eigenvalue weighted by atomic mass is 31.2. The Kier molecular flexibility index (Phi) is 6.47. The van der Waals surface area contributed by atoms with Crippen LogP contribution in [0.15, 0.2) is 11.5 Å². The Hall–Kier alpha value is -1.97. The van der Waals surface area contributed by atoms with Crippen LogP contribution in [-0.4, -0.2) is 27.3 Å². The summed E-state index contributed by atoms with van der Waals surface area (Å²) in [5.41, 5.74) is -1.47. The van der Waals surface area contributed by atoms with Gasteiger partial charge in [-0.15, -0.1) is 0 Å². The molecule has 6 nitrogen and oxygen atoms in total. The molecule has 0 saturated heterocycles. The summed E-state index contributed by atoms with van der Waals surface area (Å²) >= 11 is 0. The molecule has 1 N–H and O–H groups in total. The van der Waals surface area contributed by atoms with Gasteiger partial charge in [-0.05, 0) is 0 Å². The van der Waals surface area contributed by atoms with E-state index < -0.39 is 53.7 Å². The number of nitrogens with one attached hydrogen (secondary N) is 1. The molecule has 1 aromatic carbocycles. The Labute approximate surface area is 132 Å². The largest absolute Gasteiger partial charge is 0.465 e. The van der Waals surface area contributed by atoms with E-state index in [4.69, 9.17) is 0 Å². The molecule has 134 valence electrons. The van der Waals surface area contributed by atoms with Gasteiger partial charge < -0.3 is 19.1 Å². The molecule has 0 spiro atoms. The first-order valence-electron chi connectivity index (χ1n) is 5.93. The number of ether oxygens (including phenoxy) is 1. The molecule has 1 rings (SSSR count). The lowest BCUT2D eigenvalue weighted by Crippen LogP contribution is -2.11. The standard InChI is InChI=1S/C12H11F5NO5P/c1-21-12(19)5(24(20,22-2)23-3)4-18-11-9(16)7(14)6(13)8(15)10(11)17/h4,18H,1-3H3/b5-4+. The zero-order valence-electron chi connectivity index (χ0n) is 12.5. The highest BCUT2D eigenvalue weighted by molar-refractivity contribution is 7.59. The molecule has 0 heterocycles. The second-order valence-electron chi connectivity index (χ2n) is 3.97. The van der Waals surface area contributed by atoms with Crippen molar-refractivity contribution in [3.63, 3.8) is 0 Å². The molecule has 0 aliphatic carbocycles. The molecule has 0 bridgehead atoms. The molecule has 1 aromatic rings. The van der Waals surface area contributed by atoms with Crippen molar-refractivity contribution in [2.24, 2.45) is 0 Å². The van der Waals surface area contributed by atoms with Crippen molar-refractivity contribution in [1.82, 2.24) is 0 Å². The van der Waals surface area contributed by atoms with Crippen molar-refractivity contribution in [2.75, 3.05) is 26.6 Å². The maximum Gasteiger partial charge on any atom is 0.369 e. The fraction of sp³-hybridized carbons (Fsp3) is 0.250. The Morgan fingerprint density at radius 1 is 0.917 bits per heavy atom. The molecule has 0 radical (unpaired) electrons. The highest BCUT2D eigenvalue weighted by Crippen LogP contribution is 2.55. The van der Waals surface area contributed by atoms with Crippen LogP contribution in [0.2, 0.25) is 0 Å². The molecule has 0 saturated carbocycles.